The van der Waals surface area contributed by atoms with Gasteiger partial charge in [-0.05, 0) is 41.5 Å². The van der Waals surface area contributed by atoms with Crippen LogP contribution in [0.2, 0.25) is 0 Å². The first kappa shape index (κ1) is 14.5. The molecule has 0 bridgehead atoms. The first-order valence-electron chi connectivity index (χ1n) is 7.75. The molecule has 0 atom stereocenters. The number of benzene rings is 2. The van der Waals surface area contributed by atoms with Crippen LogP contribution in [0.4, 0.5) is 0 Å². The van der Waals surface area contributed by atoms with Crippen LogP contribution in [-0.2, 0) is 6.42 Å². The Bertz CT molecular complexity index is 944. The predicted molar refractivity (Wildman–Crippen MR) is 93.0 cm³/mol. The average molecular weight is 316 g/mol. The van der Waals surface area contributed by atoms with E-state index in [1.165, 1.54) is 0 Å². The number of pyridine rings is 1. The second kappa shape index (κ2) is 6.16. The van der Waals surface area contributed by atoms with E-state index in [0.717, 1.165) is 40.0 Å². The monoisotopic (exact) mass is 316 g/mol. The lowest BCUT2D eigenvalue weighted by Crippen LogP contribution is -1.95. The molecule has 0 saturated carbocycles. The summed E-state index contributed by atoms with van der Waals surface area (Å²) in [6, 6.07) is 17.8. The van der Waals surface area contributed by atoms with Gasteiger partial charge in [0.15, 0.2) is 5.58 Å². The highest BCUT2D eigenvalue weighted by Crippen LogP contribution is 2.30. The van der Waals surface area contributed by atoms with Crippen LogP contribution in [0.3, 0.4) is 0 Å². The van der Waals surface area contributed by atoms with Crippen molar-refractivity contribution in [1.82, 2.24) is 9.97 Å². The third-order valence-corrected chi connectivity index (χ3v) is 3.95. The van der Waals surface area contributed by atoms with Crippen molar-refractivity contribution in [3.05, 3.63) is 78.1 Å². The second-order valence-corrected chi connectivity index (χ2v) is 5.55. The molecular weight excluding hydrogens is 300 g/mol. The number of nitrogens with zero attached hydrogens (tertiary/aromatic N) is 2. The van der Waals surface area contributed by atoms with E-state index in [-0.39, 0.29) is 0 Å². The number of para-hydroxylation sites is 2. The Morgan fingerprint density at radius 1 is 1.04 bits per heavy atom. The zero-order valence-corrected chi connectivity index (χ0v) is 13.3. The molecule has 2 aromatic heterocycles. The summed E-state index contributed by atoms with van der Waals surface area (Å²) in [6.45, 7) is 0. The van der Waals surface area contributed by atoms with Crippen LogP contribution in [-0.4, -0.2) is 17.1 Å². The number of hydrogen-bond donors (Lipinski definition) is 0. The molecule has 0 saturated heterocycles. The molecule has 0 amide bonds. The molecule has 24 heavy (non-hydrogen) atoms. The standard InChI is InChI=1S/C20H16N2O2/c1-23-19-12-16(20-22-17-6-2-3-7-18(17)24-20)9-8-15(19)11-14-5-4-10-21-13-14/h2-10,12-13H,11H2,1H3. The fourth-order valence-corrected chi connectivity index (χ4v) is 2.74. The minimum Gasteiger partial charge on any atom is -0.496 e. The highest BCUT2D eigenvalue weighted by Gasteiger charge is 2.11. The van der Waals surface area contributed by atoms with E-state index < -0.39 is 0 Å². The lowest BCUT2D eigenvalue weighted by molar-refractivity contribution is 0.410. The van der Waals surface area contributed by atoms with Crippen LogP contribution in [0.5, 0.6) is 5.75 Å². The van der Waals surface area contributed by atoms with E-state index in [1.807, 2.05) is 48.7 Å². The lowest BCUT2D eigenvalue weighted by Gasteiger charge is -2.09. The van der Waals surface area contributed by atoms with Gasteiger partial charge in [0.25, 0.3) is 0 Å². The Morgan fingerprint density at radius 3 is 2.75 bits per heavy atom. The molecule has 0 radical (unpaired) electrons. The molecule has 118 valence electrons. The van der Waals surface area contributed by atoms with E-state index >= 15 is 0 Å². The smallest absolute Gasteiger partial charge is 0.227 e. The van der Waals surface area contributed by atoms with Crippen molar-refractivity contribution in [1.29, 1.82) is 0 Å². The zero-order chi connectivity index (χ0) is 16.4. The molecule has 0 unspecified atom stereocenters. The van der Waals surface area contributed by atoms with E-state index in [9.17, 15) is 0 Å². The van der Waals surface area contributed by atoms with E-state index in [4.69, 9.17) is 9.15 Å². The largest absolute Gasteiger partial charge is 0.496 e. The minimum atomic E-state index is 0.599. The maximum atomic E-state index is 5.84. The van der Waals surface area contributed by atoms with Crippen molar-refractivity contribution in [3.8, 4) is 17.2 Å². The van der Waals surface area contributed by atoms with Gasteiger partial charge in [-0.15, -0.1) is 0 Å². The van der Waals surface area contributed by atoms with Crippen molar-refractivity contribution in [3.63, 3.8) is 0 Å². The molecule has 4 heteroatoms. The first-order valence-corrected chi connectivity index (χ1v) is 7.75. The molecule has 0 N–H and O–H groups in total. The number of ether oxygens (including phenoxy) is 1. The van der Waals surface area contributed by atoms with Gasteiger partial charge in [0.05, 0.1) is 7.11 Å². The molecule has 4 nitrogen and oxygen atoms in total. The molecule has 0 aliphatic heterocycles. The van der Waals surface area contributed by atoms with Crippen LogP contribution >= 0.6 is 0 Å². The number of aromatic nitrogens is 2. The maximum Gasteiger partial charge on any atom is 0.227 e. The van der Waals surface area contributed by atoms with Crippen LogP contribution in [0.1, 0.15) is 11.1 Å². The van der Waals surface area contributed by atoms with E-state index in [2.05, 4.69) is 22.1 Å². The quantitative estimate of drug-likeness (QED) is 0.556. The van der Waals surface area contributed by atoms with Crippen molar-refractivity contribution in [2.24, 2.45) is 0 Å². The fourth-order valence-electron chi connectivity index (χ4n) is 2.74. The van der Waals surface area contributed by atoms with Crippen molar-refractivity contribution < 1.29 is 9.15 Å². The summed E-state index contributed by atoms with van der Waals surface area (Å²) in [5, 5.41) is 0. The molecule has 4 rings (SSSR count). The normalized spacial score (nSPS) is 10.9. The summed E-state index contributed by atoms with van der Waals surface area (Å²) < 4.78 is 11.4. The van der Waals surface area contributed by atoms with Gasteiger partial charge in [-0.25, -0.2) is 4.98 Å². The topological polar surface area (TPSA) is 48.2 Å². The fraction of sp³-hybridized carbons (Fsp3) is 0.100. The summed E-state index contributed by atoms with van der Waals surface area (Å²) in [5.41, 5.74) is 4.78. The molecule has 0 aliphatic carbocycles. The second-order valence-electron chi connectivity index (χ2n) is 5.55. The van der Waals surface area contributed by atoms with Gasteiger partial charge >= 0.3 is 0 Å². The van der Waals surface area contributed by atoms with Crippen LogP contribution in [0.15, 0.2) is 71.4 Å². The van der Waals surface area contributed by atoms with Gasteiger partial charge in [-0.3, -0.25) is 4.98 Å². The molecule has 0 aliphatic rings. The summed E-state index contributed by atoms with van der Waals surface area (Å²) in [5.74, 6) is 1.42. The predicted octanol–water partition coefficient (Wildman–Crippen LogP) is 4.49. The number of fused-ring (bicyclic) bond motifs is 1. The Morgan fingerprint density at radius 2 is 1.96 bits per heavy atom. The van der Waals surface area contributed by atoms with Gasteiger partial charge in [0.2, 0.25) is 5.89 Å². The summed E-state index contributed by atoms with van der Waals surface area (Å²) in [7, 11) is 1.68. The Kier molecular flexibility index (Phi) is 3.71. The Labute approximate surface area is 139 Å². The SMILES string of the molecule is COc1cc(-c2nc3ccccc3o2)ccc1Cc1cccnc1. The first-order chi connectivity index (χ1) is 11.8. The maximum absolute atomic E-state index is 5.84. The average Bonchev–Trinajstić information content (AvgIpc) is 3.07. The van der Waals surface area contributed by atoms with E-state index in [1.54, 1.807) is 13.3 Å². The van der Waals surface area contributed by atoms with Crippen molar-refractivity contribution in [2.45, 2.75) is 6.42 Å². The zero-order valence-electron chi connectivity index (χ0n) is 13.3. The summed E-state index contributed by atoms with van der Waals surface area (Å²) >= 11 is 0. The molecule has 2 aromatic carbocycles. The molecule has 0 spiro atoms. The van der Waals surface area contributed by atoms with Crippen molar-refractivity contribution >= 4 is 11.1 Å². The number of oxazole rings is 1. The van der Waals surface area contributed by atoms with Gasteiger partial charge in [0.1, 0.15) is 11.3 Å². The van der Waals surface area contributed by atoms with E-state index in [0.29, 0.717) is 5.89 Å². The molecular formula is C20H16N2O2. The third-order valence-electron chi connectivity index (χ3n) is 3.95. The van der Waals surface area contributed by atoms with Gasteiger partial charge in [-0.1, -0.05) is 24.3 Å². The molecule has 4 aromatic rings. The van der Waals surface area contributed by atoms with Crippen LogP contribution < -0.4 is 4.74 Å². The highest BCUT2D eigenvalue weighted by atomic mass is 16.5. The Hall–Kier alpha value is -3.14. The molecule has 0 fully saturated rings. The number of hydrogen-bond acceptors (Lipinski definition) is 4. The van der Waals surface area contributed by atoms with Crippen molar-refractivity contribution in [2.75, 3.05) is 7.11 Å². The lowest BCUT2D eigenvalue weighted by atomic mass is 10.0. The van der Waals surface area contributed by atoms with Crippen LogP contribution in [0.25, 0.3) is 22.6 Å². The van der Waals surface area contributed by atoms with Gasteiger partial charge in [-0.2, -0.15) is 0 Å². The number of methoxy groups -OCH3 is 1. The van der Waals surface area contributed by atoms with Crippen LogP contribution in [0, 0.1) is 0 Å². The summed E-state index contributed by atoms with van der Waals surface area (Å²) in [6.07, 6.45) is 4.41. The molecule has 2 heterocycles. The Balaban J connectivity index is 1.70. The van der Waals surface area contributed by atoms with Gasteiger partial charge in [0, 0.05) is 24.4 Å². The summed E-state index contributed by atoms with van der Waals surface area (Å²) in [4.78, 5) is 8.70. The minimum absolute atomic E-state index is 0.599. The number of rotatable bonds is 4. The third kappa shape index (κ3) is 2.74. The van der Waals surface area contributed by atoms with Gasteiger partial charge < -0.3 is 9.15 Å². The highest BCUT2D eigenvalue weighted by molar-refractivity contribution is 5.76.